The van der Waals surface area contributed by atoms with Crippen LogP contribution in [0, 0.1) is 5.82 Å². The van der Waals surface area contributed by atoms with Gasteiger partial charge < -0.3 is 14.4 Å². The minimum absolute atomic E-state index is 0.106. The zero-order chi connectivity index (χ0) is 15.4. The molecular formula is C16H18FNO3. The Morgan fingerprint density at radius 1 is 1.38 bits per heavy atom. The minimum atomic E-state index is -1.03. The van der Waals surface area contributed by atoms with Gasteiger partial charge in [0.1, 0.15) is 11.6 Å². The molecule has 0 fully saturated rings. The van der Waals surface area contributed by atoms with Crippen LogP contribution in [0.15, 0.2) is 47.1 Å². The Bertz CT molecular complexity index is 597. The first-order chi connectivity index (χ1) is 9.99. The Labute approximate surface area is 122 Å². The highest BCUT2D eigenvalue weighted by molar-refractivity contribution is 5.77. The number of rotatable bonds is 5. The van der Waals surface area contributed by atoms with Crippen LogP contribution in [0.5, 0.6) is 0 Å². The van der Waals surface area contributed by atoms with Crippen LogP contribution >= 0.6 is 0 Å². The lowest BCUT2D eigenvalue weighted by molar-refractivity contribution is -0.134. The Kier molecular flexibility index (Phi) is 4.75. The monoisotopic (exact) mass is 291 g/mol. The summed E-state index contributed by atoms with van der Waals surface area (Å²) in [6.07, 6.45) is 0.413. The molecule has 0 bridgehead atoms. The van der Waals surface area contributed by atoms with Crippen molar-refractivity contribution in [3.05, 3.63) is 59.8 Å². The van der Waals surface area contributed by atoms with Crippen molar-refractivity contribution < 1.29 is 18.7 Å². The Balaban J connectivity index is 2.00. The van der Waals surface area contributed by atoms with E-state index in [0.29, 0.717) is 11.3 Å². The molecule has 2 rings (SSSR count). The van der Waals surface area contributed by atoms with E-state index in [4.69, 9.17) is 4.42 Å². The van der Waals surface area contributed by atoms with E-state index in [1.165, 1.54) is 23.1 Å². The quantitative estimate of drug-likeness (QED) is 0.921. The Morgan fingerprint density at radius 3 is 2.76 bits per heavy atom. The lowest BCUT2D eigenvalue weighted by Crippen LogP contribution is -2.30. The highest BCUT2D eigenvalue weighted by atomic mass is 19.1. The standard InChI is InChI=1S/C16H18FNO3/c1-11(15-7-4-8-21-15)18(2)16(20)10-14(19)12-5-3-6-13(17)9-12/h3-9,11,14,19H,10H2,1-2H3. The van der Waals surface area contributed by atoms with Gasteiger partial charge in [-0.3, -0.25) is 4.79 Å². The number of carbonyl (C=O) groups is 1. The van der Waals surface area contributed by atoms with E-state index >= 15 is 0 Å². The van der Waals surface area contributed by atoms with Gasteiger partial charge in [-0.2, -0.15) is 0 Å². The number of furan rings is 1. The van der Waals surface area contributed by atoms with Gasteiger partial charge in [-0.25, -0.2) is 4.39 Å². The molecule has 0 aliphatic heterocycles. The van der Waals surface area contributed by atoms with Crippen molar-refractivity contribution in [1.29, 1.82) is 0 Å². The molecule has 0 radical (unpaired) electrons. The topological polar surface area (TPSA) is 53.7 Å². The second kappa shape index (κ2) is 6.54. The summed E-state index contributed by atoms with van der Waals surface area (Å²) in [4.78, 5) is 13.7. The van der Waals surface area contributed by atoms with Gasteiger partial charge in [0.15, 0.2) is 0 Å². The third-order valence-corrected chi connectivity index (χ3v) is 3.53. The average Bonchev–Trinajstić information content (AvgIpc) is 2.99. The van der Waals surface area contributed by atoms with E-state index in [9.17, 15) is 14.3 Å². The van der Waals surface area contributed by atoms with E-state index in [1.807, 2.05) is 6.92 Å². The van der Waals surface area contributed by atoms with Crippen molar-refractivity contribution >= 4 is 5.91 Å². The van der Waals surface area contributed by atoms with Crippen LogP contribution in [0.2, 0.25) is 0 Å². The van der Waals surface area contributed by atoms with E-state index < -0.39 is 11.9 Å². The maximum atomic E-state index is 13.1. The second-order valence-electron chi connectivity index (χ2n) is 4.97. The van der Waals surface area contributed by atoms with Gasteiger partial charge in [-0.1, -0.05) is 12.1 Å². The first-order valence-corrected chi connectivity index (χ1v) is 6.71. The predicted octanol–water partition coefficient (Wildman–Crippen LogP) is 3.06. The number of hydrogen-bond acceptors (Lipinski definition) is 3. The summed E-state index contributed by atoms with van der Waals surface area (Å²) in [6, 6.07) is 8.94. The van der Waals surface area contributed by atoms with Crippen LogP contribution in [0.4, 0.5) is 4.39 Å². The number of carbonyl (C=O) groups excluding carboxylic acids is 1. The molecule has 112 valence electrons. The molecule has 0 aliphatic rings. The van der Waals surface area contributed by atoms with Gasteiger partial charge >= 0.3 is 0 Å². The number of hydrogen-bond donors (Lipinski definition) is 1. The van der Waals surface area contributed by atoms with E-state index in [0.717, 1.165) is 0 Å². The molecule has 2 aromatic rings. The molecule has 1 heterocycles. The second-order valence-corrected chi connectivity index (χ2v) is 4.97. The summed E-state index contributed by atoms with van der Waals surface area (Å²) >= 11 is 0. The van der Waals surface area contributed by atoms with Gasteiger partial charge in [0.05, 0.1) is 24.8 Å². The first-order valence-electron chi connectivity index (χ1n) is 6.71. The maximum Gasteiger partial charge on any atom is 0.225 e. The van der Waals surface area contributed by atoms with Gasteiger partial charge in [0, 0.05) is 7.05 Å². The molecule has 4 nitrogen and oxygen atoms in total. The minimum Gasteiger partial charge on any atom is -0.467 e. The van der Waals surface area contributed by atoms with Crippen LogP contribution < -0.4 is 0 Å². The molecule has 2 unspecified atom stereocenters. The first kappa shape index (κ1) is 15.3. The van der Waals surface area contributed by atoms with Gasteiger partial charge in [0.2, 0.25) is 5.91 Å². The summed E-state index contributed by atoms with van der Waals surface area (Å²) in [5.74, 6) is -0.00179. The van der Waals surface area contributed by atoms with Crippen molar-refractivity contribution in [2.24, 2.45) is 0 Å². The fourth-order valence-corrected chi connectivity index (χ4v) is 2.08. The summed E-state index contributed by atoms with van der Waals surface area (Å²) < 4.78 is 18.4. The predicted molar refractivity (Wildman–Crippen MR) is 75.9 cm³/mol. The zero-order valence-electron chi connectivity index (χ0n) is 12.0. The molecule has 0 aliphatic carbocycles. The molecule has 21 heavy (non-hydrogen) atoms. The maximum absolute atomic E-state index is 13.1. The normalized spacial score (nSPS) is 13.7. The highest BCUT2D eigenvalue weighted by Gasteiger charge is 2.22. The van der Waals surface area contributed by atoms with Crippen molar-refractivity contribution in [3.63, 3.8) is 0 Å². The number of aliphatic hydroxyl groups excluding tert-OH is 1. The van der Waals surface area contributed by atoms with Crippen LogP contribution in [0.3, 0.4) is 0 Å². The summed E-state index contributed by atoms with van der Waals surface area (Å²) in [5.41, 5.74) is 0.391. The van der Waals surface area contributed by atoms with Crippen molar-refractivity contribution in [2.45, 2.75) is 25.5 Å². The van der Waals surface area contributed by atoms with Crippen LogP contribution in [0.25, 0.3) is 0 Å². The fraction of sp³-hybridized carbons (Fsp3) is 0.312. The van der Waals surface area contributed by atoms with Gasteiger partial charge in [0.25, 0.3) is 0 Å². The molecule has 1 N–H and O–H groups in total. The summed E-state index contributed by atoms with van der Waals surface area (Å²) in [6.45, 7) is 1.84. The van der Waals surface area contributed by atoms with Crippen LogP contribution in [0.1, 0.15) is 36.8 Å². The number of benzene rings is 1. The molecule has 1 amide bonds. The largest absolute Gasteiger partial charge is 0.467 e. The zero-order valence-corrected chi connectivity index (χ0v) is 12.0. The summed E-state index contributed by atoms with van der Waals surface area (Å²) in [7, 11) is 1.65. The third kappa shape index (κ3) is 3.70. The lowest BCUT2D eigenvalue weighted by atomic mass is 10.1. The van der Waals surface area contributed by atoms with E-state index in [2.05, 4.69) is 0 Å². The molecule has 0 saturated carbocycles. The van der Waals surface area contributed by atoms with E-state index in [-0.39, 0.29) is 18.4 Å². The smallest absolute Gasteiger partial charge is 0.225 e. The molecule has 2 atom stereocenters. The number of amides is 1. The van der Waals surface area contributed by atoms with E-state index in [1.54, 1.807) is 31.5 Å². The SMILES string of the molecule is CC(c1ccco1)N(C)C(=O)CC(O)c1cccc(F)c1. The summed E-state index contributed by atoms with van der Waals surface area (Å²) in [5, 5.41) is 10.0. The Morgan fingerprint density at radius 2 is 2.14 bits per heavy atom. The van der Waals surface area contributed by atoms with Crippen molar-refractivity contribution in [3.8, 4) is 0 Å². The molecule has 5 heteroatoms. The van der Waals surface area contributed by atoms with Crippen LogP contribution in [-0.4, -0.2) is 23.0 Å². The van der Waals surface area contributed by atoms with Crippen molar-refractivity contribution in [1.82, 2.24) is 4.90 Å². The third-order valence-electron chi connectivity index (χ3n) is 3.53. The Hall–Kier alpha value is -2.14. The molecule has 0 spiro atoms. The number of halogens is 1. The number of nitrogens with zero attached hydrogens (tertiary/aromatic N) is 1. The molecule has 0 saturated heterocycles. The van der Waals surface area contributed by atoms with Gasteiger partial charge in [-0.15, -0.1) is 0 Å². The highest BCUT2D eigenvalue weighted by Crippen LogP contribution is 2.23. The van der Waals surface area contributed by atoms with Gasteiger partial charge in [-0.05, 0) is 36.8 Å². The molecular weight excluding hydrogens is 273 g/mol. The number of aliphatic hydroxyl groups is 1. The fourth-order valence-electron chi connectivity index (χ4n) is 2.08. The van der Waals surface area contributed by atoms with Crippen LogP contribution in [-0.2, 0) is 4.79 Å². The lowest BCUT2D eigenvalue weighted by Gasteiger charge is -2.24. The van der Waals surface area contributed by atoms with Crippen molar-refractivity contribution in [2.75, 3.05) is 7.05 Å². The average molecular weight is 291 g/mol. The molecule has 1 aromatic carbocycles. The molecule has 1 aromatic heterocycles.